The summed E-state index contributed by atoms with van der Waals surface area (Å²) < 4.78 is 15.6. The summed E-state index contributed by atoms with van der Waals surface area (Å²) in [5.41, 5.74) is 1.84. The summed E-state index contributed by atoms with van der Waals surface area (Å²) in [5.74, 6) is -0.588. The van der Waals surface area contributed by atoms with Gasteiger partial charge in [-0.25, -0.2) is 4.39 Å². The molecule has 1 aromatic carbocycles. The van der Waals surface area contributed by atoms with Crippen LogP contribution in [-0.4, -0.2) is 37.1 Å². The van der Waals surface area contributed by atoms with E-state index in [1.165, 1.54) is 12.1 Å². The highest BCUT2D eigenvalue weighted by molar-refractivity contribution is 5.93. The predicted octanol–water partition coefficient (Wildman–Crippen LogP) is 2.19. The number of aryl methyl sites for hydroxylation is 1. The zero-order valence-corrected chi connectivity index (χ0v) is 14.8. The monoisotopic (exact) mass is 369 g/mol. The zero-order chi connectivity index (χ0) is 19.0. The number of hydrogen-bond acceptors (Lipinski definition) is 4. The first kappa shape index (κ1) is 17.4. The second-order valence-electron chi connectivity index (χ2n) is 6.93. The van der Waals surface area contributed by atoms with E-state index in [0.717, 1.165) is 5.56 Å². The van der Waals surface area contributed by atoms with E-state index in [2.05, 4.69) is 20.6 Å². The number of halogens is 1. The minimum Gasteiger partial charge on any atom is -0.393 e. The quantitative estimate of drug-likeness (QED) is 0.642. The fourth-order valence-electron chi connectivity index (χ4n) is 3.44. The average molecular weight is 369 g/mol. The summed E-state index contributed by atoms with van der Waals surface area (Å²) in [6.45, 7) is 0. The van der Waals surface area contributed by atoms with Crippen LogP contribution in [0.3, 0.4) is 0 Å². The smallest absolute Gasteiger partial charge is 0.269 e. The van der Waals surface area contributed by atoms with E-state index in [-0.39, 0.29) is 29.7 Å². The van der Waals surface area contributed by atoms with E-state index in [1.54, 1.807) is 29.1 Å². The summed E-state index contributed by atoms with van der Waals surface area (Å²) in [6.07, 6.45) is 4.50. The highest BCUT2D eigenvalue weighted by Gasteiger charge is 2.36. The van der Waals surface area contributed by atoms with E-state index in [1.807, 2.05) is 13.2 Å². The molecule has 1 amide bonds. The molecule has 2 aromatic heterocycles. The molecule has 3 N–H and O–H groups in total. The average Bonchev–Trinajstić information content (AvgIpc) is 3.27. The first-order valence-electron chi connectivity index (χ1n) is 8.79. The van der Waals surface area contributed by atoms with Crippen molar-refractivity contribution >= 4 is 5.91 Å². The van der Waals surface area contributed by atoms with Gasteiger partial charge in [0.05, 0.1) is 24.0 Å². The van der Waals surface area contributed by atoms with Gasteiger partial charge >= 0.3 is 0 Å². The second kappa shape index (κ2) is 6.96. The summed E-state index contributed by atoms with van der Waals surface area (Å²) in [5, 5.41) is 23.5. The van der Waals surface area contributed by atoms with E-state index in [0.29, 0.717) is 24.1 Å². The van der Waals surface area contributed by atoms with Crippen LogP contribution in [0.15, 0.2) is 42.7 Å². The molecular formula is C19H20FN5O2. The van der Waals surface area contributed by atoms with Crippen LogP contribution in [-0.2, 0) is 7.05 Å². The molecule has 4 rings (SSSR count). The number of hydrogen-bond donors (Lipinski definition) is 3. The van der Waals surface area contributed by atoms with E-state index < -0.39 is 5.82 Å². The third-order valence-electron chi connectivity index (χ3n) is 4.96. The highest BCUT2D eigenvalue weighted by Crippen LogP contribution is 2.38. The molecule has 0 radical (unpaired) electrons. The van der Waals surface area contributed by atoms with Crippen molar-refractivity contribution in [2.45, 2.75) is 25.0 Å². The van der Waals surface area contributed by atoms with Crippen molar-refractivity contribution < 1.29 is 14.3 Å². The van der Waals surface area contributed by atoms with Crippen LogP contribution in [0, 0.1) is 11.7 Å². The lowest BCUT2D eigenvalue weighted by Gasteiger charge is -2.37. The largest absolute Gasteiger partial charge is 0.393 e. The molecule has 1 atom stereocenters. The molecule has 8 heteroatoms. The van der Waals surface area contributed by atoms with Crippen molar-refractivity contribution in [3.8, 4) is 11.3 Å². The number of aliphatic hydroxyl groups is 1. The van der Waals surface area contributed by atoms with Crippen molar-refractivity contribution in [1.29, 1.82) is 0 Å². The van der Waals surface area contributed by atoms with Crippen LogP contribution in [0.5, 0.6) is 0 Å². The Morgan fingerprint density at radius 3 is 2.85 bits per heavy atom. The number of aromatic amines is 1. The molecule has 140 valence electrons. The molecule has 2 heterocycles. The lowest BCUT2D eigenvalue weighted by atomic mass is 9.75. The number of aromatic nitrogens is 4. The lowest BCUT2D eigenvalue weighted by Crippen LogP contribution is -2.41. The molecule has 0 unspecified atom stereocenters. The number of amides is 1. The van der Waals surface area contributed by atoms with Crippen molar-refractivity contribution in [2.24, 2.45) is 13.0 Å². The molecule has 0 aliphatic heterocycles. The van der Waals surface area contributed by atoms with Crippen LogP contribution < -0.4 is 5.32 Å². The van der Waals surface area contributed by atoms with Gasteiger partial charge in [0.25, 0.3) is 5.91 Å². The zero-order valence-electron chi connectivity index (χ0n) is 14.8. The van der Waals surface area contributed by atoms with Crippen molar-refractivity contribution in [3.05, 3.63) is 59.8 Å². The first-order valence-corrected chi connectivity index (χ1v) is 8.79. The molecule has 0 saturated heterocycles. The summed E-state index contributed by atoms with van der Waals surface area (Å²) in [6, 6.07) is 7.56. The van der Waals surface area contributed by atoms with Gasteiger partial charge in [-0.2, -0.15) is 10.2 Å². The number of rotatable bonds is 5. The molecule has 1 aliphatic carbocycles. The molecule has 1 aliphatic rings. The Balaban J connectivity index is 1.54. The number of nitrogens with one attached hydrogen (secondary N) is 2. The van der Waals surface area contributed by atoms with Gasteiger partial charge in [0.1, 0.15) is 11.5 Å². The number of carbonyl (C=O) groups is 1. The Hall–Kier alpha value is -3.00. The van der Waals surface area contributed by atoms with E-state index in [4.69, 9.17) is 0 Å². The van der Waals surface area contributed by atoms with E-state index in [9.17, 15) is 14.3 Å². The number of aliphatic hydroxyl groups excluding tert-OH is 1. The summed E-state index contributed by atoms with van der Waals surface area (Å²) in [7, 11) is 1.81. The van der Waals surface area contributed by atoms with Gasteiger partial charge in [-0.1, -0.05) is 12.1 Å². The van der Waals surface area contributed by atoms with Crippen molar-refractivity contribution in [1.82, 2.24) is 25.3 Å². The Labute approximate surface area is 155 Å². The molecule has 3 aromatic rings. The molecule has 0 bridgehead atoms. The minimum atomic E-state index is -0.396. The number of H-pyrrole nitrogens is 1. The maximum absolute atomic E-state index is 13.9. The van der Waals surface area contributed by atoms with E-state index >= 15 is 0 Å². The lowest BCUT2D eigenvalue weighted by molar-refractivity contribution is 0.0234. The SMILES string of the molecule is Cn1cc([C@H](NC(=O)c2cc(-c3ccccc3F)n[nH]2)C2CC(O)C2)cn1. The normalized spacial score (nSPS) is 20.1. The van der Waals surface area contributed by atoms with Crippen molar-refractivity contribution in [3.63, 3.8) is 0 Å². The molecule has 27 heavy (non-hydrogen) atoms. The van der Waals surface area contributed by atoms with Crippen LogP contribution in [0.25, 0.3) is 11.3 Å². The standard InChI is InChI=1S/C19H20FN5O2/c1-25-10-12(9-21-25)18(11-6-13(26)7-11)22-19(27)17-8-16(23-24-17)14-4-2-3-5-15(14)20/h2-5,8-11,13,18,26H,6-7H2,1H3,(H,22,27)(H,23,24)/t11?,13?,18-/m1/s1. The number of carbonyl (C=O) groups excluding carboxylic acids is 1. The van der Waals surface area contributed by atoms with Gasteiger partial charge in [-0.15, -0.1) is 0 Å². The minimum absolute atomic E-state index is 0.141. The van der Waals surface area contributed by atoms with Gasteiger partial charge in [-0.05, 0) is 37.0 Å². The number of nitrogens with zero attached hydrogens (tertiary/aromatic N) is 3. The van der Waals surface area contributed by atoms with Crippen LogP contribution in [0.2, 0.25) is 0 Å². The third-order valence-corrected chi connectivity index (χ3v) is 4.96. The fraction of sp³-hybridized carbons (Fsp3) is 0.316. The molecule has 0 spiro atoms. The van der Waals surface area contributed by atoms with Crippen molar-refractivity contribution in [2.75, 3.05) is 0 Å². The fourth-order valence-corrected chi connectivity index (χ4v) is 3.44. The Morgan fingerprint density at radius 2 is 2.19 bits per heavy atom. The molecule has 1 fully saturated rings. The molecule has 7 nitrogen and oxygen atoms in total. The van der Waals surface area contributed by atoms with Gasteiger partial charge < -0.3 is 10.4 Å². The third kappa shape index (κ3) is 3.48. The summed E-state index contributed by atoms with van der Waals surface area (Å²) >= 11 is 0. The van der Waals surface area contributed by atoms with Gasteiger partial charge in [0.15, 0.2) is 0 Å². The maximum atomic E-state index is 13.9. The maximum Gasteiger partial charge on any atom is 0.269 e. The first-order chi connectivity index (χ1) is 13.0. The van der Waals surface area contributed by atoms with Crippen LogP contribution in [0.1, 0.15) is 34.9 Å². The highest BCUT2D eigenvalue weighted by atomic mass is 19.1. The molecular weight excluding hydrogens is 349 g/mol. The second-order valence-corrected chi connectivity index (χ2v) is 6.93. The van der Waals surface area contributed by atoms with Gasteiger partial charge in [-0.3, -0.25) is 14.6 Å². The van der Waals surface area contributed by atoms with Gasteiger partial charge in [0.2, 0.25) is 0 Å². The molecule has 1 saturated carbocycles. The predicted molar refractivity (Wildman–Crippen MR) is 96.1 cm³/mol. The van der Waals surface area contributed by atoms with Crippen LogP contribution in [0.4, 0.5) is 4.39 Å². The van der Waals surface area contributed by atoms with Crippen LogP contribution >= 0.6 is 0 Å². The topological polar surface area (TPSA) is 95.8 Å². The Morgan fingerprint density at radius 1 is 1.41 bits per heavy atom. The van der Waals surface area contributed by atoms with Gasteiger partial charge in [0, 0.05) is 24.4 Å². The Kier molecular flexibility index (Phi) is 4.49. The number of benzene rings is 1. The Bertz CT molecular complexity index is 960. The summed E-state index contributed by atoms with van der Waals surface area (Å²) in [4.78, 5) is 12.7.